The van der Waals surface area contributed by atoms with Crippen LogP contribution in [-0.2, 0) is 11.3 Å². The number of benzene rings is 1. The molecule has 2 saturated heterocycles. The number of likely N-dealkylation sites (tertiary alicyclic amines) is 2. The SMILES string of the molecule is CN1CCC2C(=O)N(Cc3ccccc3)CC2C1. The number of hydrogen-bond acceptors (Lipinski definition) is 2. The Morgan fingerprint density at radius 1 is 1.22 bits per heavy atom. The van der Waals surface area contributed by atoms with Gasteiger partial charge in [0.2, 0.25) is 5.91 Å². The smallest absolute Gasteiger partial charge is 0.226 e. The topological polar surface area (TPSA) is 23.6 Å². The summed E-state index contributed by atoms with van der Waals surface area (Å²) in [5, 5.41) is 0. The molecular formula is C15H20N2O. The third-order valence-electron chi connectivity index (χ3n) is 4.24. The van der Waals surface area contributed by atoms with Crippen LogP contribution in [0, 0.1) is 11.8 Å². The Kier molecular flexibility index (Phi) is 3.08. The molecule has 0 radical (unpaired) electrons. The van der Waals surface area contributed by atoms with Crippen LogP contribution in [-0.4, -0.2) is 42.4 Å². The average Bonchev–Trinajstić information content (AvgIpc) is 2.67. The molecule has 0 spiro atoms. The first-order valence-corrected chi connectivity index (χ1v) is 6.75. The van der Waals surface area contributed by atoms with Crippen molar-refractivity contribution in [2.24, 2.45) is 11.8 Å². The molecule has 3 nitrogen and oxygen atoms in total. The summed E-state index contributed by atoms with van der Waals surface area (Å²) in [6.07, 6.45) is 1.03. The summed E-state index contributed by atoms with van der Waals surface area (Å²) >= 11 is 0. The van der Waals surface area contributed by atoms with Crippen LogP contribution in [0.4, 0.5) is 0 Å². The van der Waals surface area contributed by atoms with Gasteiger partial charge in [0.25, 0.3) is 0 Å². The third-order valence-corrected chi connectivity index (χ3v) is 4.24. The van der Waals surface area contributed by atoms with Gasteiger partial charge in [0.15, 0.2) is 0 Å². The van der Waals surface area contributed by atoms with E-state index in [0.717, 1.165) is 32.6 Å². The van der Waals surface area contributed by atoms with Crippen molar-refractivity contribution >= 4 is 5.91 Å². The van der Waals surface area contributed by atoms with Crippen molar-refractivity contribution in [2.75, 3.05) is 26.7 Å². The molecular weight excluding hydrogens is 224 g/mol. The molecule has 0 aliphatic carbocycles. The van der Waals surface area contributed by atoms with Gasteiger partial charge in [-0.25, -0.2) is 0 Å². The first-order valence-electron chi connectivity index (χ1n) is 6.75. The number of hydrogen-bond donors (Lipinski definition) is 0. The highest BCUT2D eigenvalue weighted by Crippen LogP contribution is 2.32. The molecule has 1 amide bonds. The van der Waals surface area contributed by atoms with Gasteiger partial charge < -0.3 is 9.80 Å². The van der Waals surface area contributed by atoms with Gasteiger partial charge in [0.1, 0.15) is 0 Å². The molecule has 0 aromatic heterocycles. The summed E-state index contributed by atoms with van der Waals surface area (Å²) in [4.78, 5) is 16.8. The van der Waals surface area contributed by atoms with E-state index in [1.54, 1.807) is 0 Å². The molecule has 1 aromatic rings. The second-order valence-corrected chi connectivity index (χ2v) is 5.62. The molecule has 18 heavy (non-hydrogen) atoms. The molecule has 3 heteroatoms. The standard InChI is InChI=1S/C15H20N2O/c1-16-8-7-14-13(10-16)11-17(15(14)18)9-12-5-3-2-4-6-12/h2-6,13-14H,7-11H2,1H3. The molecule has 2 aliphatic heterocycles. The van der Waals surface area contributed by atoms with Gasteiger partial charge in [0.05, 0.1) is 0 Å². The van der Waals surface area contributed by atoms with Gasteiger partial charge >= 0.3 is 0 Å². The van der Waals surface area contributed by atoms with Crippen LogP contribution in [0.15, 0.2) is 30.3 Å². The van der Waals surface area contributed by atoms with E-state index >= 15 is 0 Å². The van der Waals surface area contributed by atoms with Crippen LogP contribution in [0.2, 0.25) is 0 Å². The number of nitrogens with zero attached hydrogens (tertiary/aromatic N) is 2. The highest BCUT2D eigenvalue weighted by Gasteiger charge is 2.42. The van der Waals surface area contributed by atoms with Crippen LogP contribution in [0.25, 0.3) is 0 Å². The van der Waals surface area contributed by atoms with Crippen molar-refractivity contribution in [1.82, 2.24) is 9.80 Å². The zero-order valence-electron chi connectivity index (χ0n) is 10.9. The monoisotopic (exact) mass is 244 g/mol. The minimum Gasteiger partial charge on any atom is -0.338 e. The molecule has 0 bridgehead atoms. The minimum absolute atomic E-state index is 0.282. The Bertz CT molecular complexity index is 431. The molecule has 96 valence electrons. The quantitative estimate of drug-likeness (QED) is 0.789. The van der Waals surface area contributed by atoms with Crippen LogP contribution >= 0.6 is 0 Å². The zero-order chi connectivity index (χ0) is 12.5. The molecule has 2 heterocycles. The lowest BCUT2D eigenvalue weighted by Gasteiger charge is -2.30. The Balaban J connectivity index is 1.70. The van der Waals surface area contributed by atoms with Gasteiger partial charge in [-0.1, -0.05) is 30.3 Å². The van der Waals surface area contributed by atoms with Gasteiger partial charge in [-0.15, -0.1) is 0 Å². The van der Waals surface area contributed by atoms with E-state index < -0.39 is 0 Å². The van der Waals surface area contributed by atoms with Gasteiger partial charge in [-0.05, 0) is 25.6 Å². The summed E-state index contributed by atoms with van der Waals surface area (Å²) in [5.74, 6) is 1.20. The minimum atomic E-state index is 0.282. The molecule has 3 rings (SSSR count). The molecule has 1 aromatic carbocycles. The summed E-state index contributed by atoms with van der Waals surface area (Å²) in [5.41, 5.74) is 1.23. The third kappa shape index (κ3) is 2.15. The van der Waals surface area contributed by atoms with Crippen LogP contribution < -0.4 is 0 Å². The lowest BCUT2D eigenvalue weighted by molar-refractivity contribution is -0.132. The fraction of sp³-hybridized carbons (Fsp3) is 0.533. The molecule has 2 aliphatic rings. The maximum absolute atomic E-state index is 12.4. The number of amides is 1. The number of piperidine rings is 1. The van der Waals surface area contributed by atoms with Gasteiger partial charge in [0, 0.05) is 31.5 Å². The number of fused-ring (bicyclic) bond motifs is 1. The predicted molar refractivity (Wildman–Crippen MR) is 71.0 cm³/mol. The number of carbonyl (C=O) groups is 1. The molecule has 0 saturated carbocycles. The first kappa shape index (κ1) is 11.7. The zero-order valence-corrected chi connectivity index (χ0v) is 10.9. The van der Waals surface area contributed by atoms with E-state index in [1.807, 2.05) is 23.1 Å². The van der Waals surface area contributed by atoms with E-state index in [9.17, 15) is 4.79 Å². The van der Waals surface area contributed by atoms with Crippen molar-refractivity contribution in [3.8, 4) is 0 Å². The first-order chi connectivity index (χ1) is 8.74. The number of rotatable bonds is 2. The van der Waals surface area contributed by atoms with Gasteiger partial charge in [-0.3, -0.25) is 4.79 Å². The molecule has 0 N–H and O–H groups in total. The largest absolute Gasteiger partial charge is 0.338 e. The average molecular weight is 244 g/mol. The Morgan fingerprint density at radius 3 is 2.78 bits per heavy atom. The van der Waals surface area contributed by atoms with E-state index in [-0.39, 0.29) is 5.92 Å². The fourth-order valence-corrected chi connectivity index (χ4v) is 3.28. The molecule has 2 fully saturated rings. The van der Waals surface area contributed by atoms with Crippen LogP contribution in [0.5, 0.6) is 0 Å². The van der Waals surface area contributed by atoms with Crippen LogP contribution in [0.3, 0.4) is 0 Å². The summed E-state index contributed by atoms with van der Waals surface area (Å²) < 4.78 is 0. The summed E-state index contributed by atoms with van der Waals surface area (Å²) in [6, 6.07) is 10.3. The second-order valence-electron chi connectivity index (χ2n) is 5.62. The Labute approximate surface area is 108 Å². The van der Waals surface area contributed by atoms with Crippen LogP contribution in [0.1, 0.15) is 12.0 Å². The van der Waals surface area contributed by atoms with E-state index in [2.05, 4.69) is 24.1 Å². The van der Waals surface area contributed by atoms with E-state index in [4.69, 9.17) is 0 Å². The normalized spacial score (nSPS) is 28.5. The van der Waals surface area contributed by atoms with Gasteiger partial charge in [-0.2, -0.15) is 0 Å². The Morgan fingerprint density at radius 2 is 2.00 bits per heavy atom. The lowest BCUT2D eigenvalue weighted by Crippen LogP contribution is -2.38. The molecule has 2 unspecified atom stereocenters. The highest BCUT2D eigenvalue weighted by molar-refractivity contribution is 5.81. The predicted octanol–water partition coefficient (Wildman–Crippen LogP) is 1.60. The Hall–Kier alpha value is -1.35. The van der Waals surface area contributed by atoms with Crippen molar-refractivity contribution in [3.63, 3.8) is 0 Å². The summed E-state index contributed by atoms with van der Waals surface area (Å²) in [6.45, 7) is 3.84. The van der Waals surface area contributed by atoms with Crippen molar-refractivity contribution in [3.05, 3.63) is 35.9 Å². The maximum atomic E-state index is 12.4. The lowest BCUT2D eigenvalue weighted by atomic mass is 9.88. The van der Waals surface area contributed by atoms with E-state index in [0.29, 0.717) is 11.8 Å². The fourth-order valence-electron chi connectivity index (χ4n) is 3.28. The van der Waals surface area contributed by atoms with Crippen molar-refractivity contribution in [2.45, 2.75) is 13.0 Å². The van der Waals surface area contributed by atoms with Crippen molar-refractivity contribution in [1.29, 1.82) is 0 Å². The maximum Gasteiger partial charge on any atom is 0.226 e. The highest BCUT2D eigenvalue weighted by atomic mass is 16.2. The number of carbonyl (C=O) groups excluding carboxylic acids is 1. The second kappa shape index (κ2) is 4.73. The molecule has 2 atom stereocenters. The van der Waals surface area contributed by atoms with Crippen molar-refractivity contribution < 1.29 is 4.79 Å². The summed E-state index contributed by atoms with van der Waals surface area (Å²) in [7, 11) is 2.15. The van der Waals surface area contributed by atoms with E-state index in [1.165, 1.54) is 5.56 Å².